The van der Waals surface area contributed by atoms with Crippen molar-refractivity contribution in [1.82, 2.24) is 5.32 Å². The van der Waals surface area contributed by atoms with Crippen LogP contribution in [0, 0.1) is 5.92 Å². The van der Waals surface area contributed by atoms with E-state index in [0.29, 0.717) is 12.3 Å². The first kappa shape index (κ1) is 13.9. The lowest BCUT2D eigenvalue weighted by Gasteiger charge is -2.35. The van der Waals surface area contributed by atoms with Crippen LogP contribution in [-0.4, -0.2) is 36.7 Å². The molecule has 0 aromatic heterocycles. The fraction of sp³-hybridized carbons (Fsp3) is 0.786. The molecule has 0 unspecified atom stereocenters. The monoisotopic (exact) mass is 269 g/mol. The van der Waals surface area contributed by atoms with Crippen LogP contribution in [0.2, 0.25) is 0 Å². The van der Waals surface area contributed by atoms with Gasteiger partial charge in [0.05, 0.1) is 0 Å². The number of carbonyl (C=O) groups excluding carboxylic acids is 1. The van der Waals surface area contributed by atoms with Crippen LogP contribution in [0.5, 0.6) is 0 Å². The van der Waals surface area contributed by atoms with Gasteiger partial charge in [0, 0.05) is 30.9 Å². The molecular formula is C14H23NO2S. The first-order chi connectivity index (χ1) is 8.74. The van der Waals surface area contributed by atoms with Gasteiger partial charge in [0.1, 0.15) is 0 Å². The average molecular weight is 269 g/mol. The Labute approximate surface area is 114 Å². The summed E-state index contributed by atoms with van der Waals surface area (Å²) in [5.74, 6) is 0.663. The zero-order chi connectivity index (χ0) is 12.8. The van der Waals surface area contributed by atoms with Crippen molar-refractivity contribution in [3.05, 3.63) is 12.2 Å². The van der Waals surface area contributed by atoms with Crippen molar-refractivity contribution in [2.24, 2.45) is 5.92 Å². The molecule has 0 aromatic carbocycles. The summed E-state index contributed by atoms with van der Waals surface area (Å²) in [6.45, 7) is 2.43. The topological polar surface area (TPSA) is 38.3 Å². The second-order valence-corrected chi connectivity index (χ2v) is 6.52. The molecule has 1 aliphatic heterocycles. The fourth-order valence-corrected chi connectivity index (χ4v) is 3.42. The second-order valence-electron chi connectivity index (χ2n) is 5.25. The third kappa shape index (κ3) is 3.75. The van der Waals surface area contributed by atoms with Gasteiger partial charge in [-0.05, 0) is 37.9 Å². The van der Waals surface area contributed by atoms with Gasteiger partial charge in [0.15, 0.2) is 0 Å². The largest absolute Gasteiger partial charge is 0.381 e. The van der Waals surface area contributed by atoms with Gasteiger partial charge >= 0.3 is 0 Å². The van der Waals surface area contributed by atoms with Gasteiger partial charge in [-0.2, -0.15) is 11.8 Å². The Bertz CT molecular complexity index is 311. The highest BCUT2D eigenvalue weighted by atomic mass is 32.2. The van der Waals surface area contributed by atoms with Gasteiger partial charge < -0.3 is 10.1 Å². The Morgan fingerprint density at radius 3 is 2.89 bits per heavy atom. The van der Waals surface area contributed by atoms with E-state index < -0.39 is 0 Å². The van der Waals surface area contributed by atoms with Gasteiger partial charge in [-0.1, -0.05) is 12.2 Å². The van der Waals surface area contributed by atoms with Crippen molar-refractivity contribution in [3.63, 3.8) is 0 Å². The van der Waals surface area contributed by atoms with Crippen molar-refractivity contribution >= 4 is 17.7 Å². The van der Waals surface area contributed by atoms with Crippen LogP contribution < -0.4 is 5.32 Å². The van der Waals surface area contributed by atoms with Crippen molar-refractivity contribution in [2.45, 2.75) is 36.9 Å². The number of hydrogen-bond acceptors (Lipinski definition) is 3. The molecule has 2 rings (SSSR count). The van der Waals surface area contributed by atoms with E-state index in [9.17, 15) is 4.79 Å². The SMILES string of the molecule is CSC1(CNC(=O)C[C@H]2C=CCC2)CCOCC1. The number of hydrogen-bond donors (Lipinski definition) is 1. The normalized spacial score (nSPS) is 26.2. The fourth-order valence-electron chi connectivity index (χ4n) is 2.63. The first-order valence-electron chi connectivity index (χ1n) is 6.80. The van der Waals surface area contributed by atoms with Crippen LogP contribution in [-0.2, 0) is 9.53 Å². The molecule has 1 atom stereocenters. The molecule has 0 radical (unpaired) electrons. The average Bonchev–Trinajstić information content (AvgIpc) is 2.90. The zero-order valence-corrected chi connectivity index (χ0v) is 11.9. The Hall–Kier alpha value is -0.480. The molecule has 2 aliphatic rings. The number of ether oxygens (including phenoxy) is 1. The molecular weight excluding hydrogens is 246 g/mol. The van der Waals surface area contributed by atoms with Crippen molar-refractivity contribution in [2.75, 3.05) is 26.0 Å². The van der Waals surface area contributed by atoms with Gasteiger partial charge in [0.2, 0.25) is 5.91 Å². The molecule has 1 saturated heterocycles. The van der Waals surface area contributed by atoms with Crippen molar-refractivity contribution < 1.29 is 9.53 Å². The number of nitrogens with one attached hydrogen (secondary N) is 1. The molecule has 0 saturated carbocycles. The Kier molecular flexibility index (Phi) is 5.13. The molecule has 3 nitrogen and oxygen atoms in total. The summed E-state index contributed by atoms with van der Waals surface area (Å²) in [4.78, 5) is 11.9. The highest BCUT2D eigenvalue weighted by Crippen LogP contribution is 2.33. The maximum atomic E-state index is 11.9. The zero-order valence-electron chi connectivity index (χ0n) is 11.1. The molecule has 0 spiro atoms. The number of rotatable bonds is 5. The van der Waals surface area contributed by atoms with Gasteiger partial charge in [-0.15, -0.1) is 0 Å². The van der Waals surface area contributed by atoms with E-state index >= 15 is 0 Å². The third-order valence-corrected chi connectivity index (χ3v) is 5.42. The van der Waals surface area contributed by atoms with Crippen molar-refractivity contribution in [1.29, 1.82) is 0 Å². The summed E-state index contributed by atoms with van der Waals surface area (Å²) in [5, 5.41) is 3.12. The number of allylic oxidation sites excluding steroid dienone is 2. The van der Waals surface area contributed by atoms with Crippen LogP contribution in [0.1, 0.15) is 32.1 Å². The first-order valence-corrected chi connectivity index (χ1v) is 8.03. The van der Waals surface area contributed by atoms with E-state index in [4.69, 9.17) is 4.74 Å². The van der Waals surface area contributed by atoms with Gasteiger partial charge in [0.25, 0.3) is 0 Å². The summed E-state index contributed by atoms with van der Waals surface area (Å²) < 4.78 is 5.60. The van der Waals surface area contributed by atoms with Crippen LogP contribution in [0.25, 0.3) is 0 Å². The molecule has 1 N–H and O–H groups in total. The van der Waals surface area contributed by atoms with E-state index in [1.165, 1.54) is 0 Å². The molecule has 18 heavy (non-hydrogen) atoms. The predicted molar refractivity (Wildman–Crippen MR) is 75.8 cm³/mol. The maximum absolute atomic E-state index is 11.9. The quantitative estimate of drug-likeness (QED) is 0.779. The van der Waals surface area contributed by atoms with E-state index in [-0.39, 0.29) is 10.7 Å². The summed E-state index contributed by atoms with van der Waals surface area (Å²) in [7, 11) is 0. The Morgan fingerprint density at radius 1 is 1.50 bits per heavy atom. The lowest BCUT2D eigenvalue weighted by molar-refractivity contribution is -0.121. The molecule has 1 aliphatic carbocycles. The number of amides is 1. The summed E-state index contributed by atoms with van der Waals surface area (Å²) in [6.07, 6.45) is 11.5. The lowest BCUT2D eigenvalue weighted by atomic mass is 9.98. The molecule has 1 heterocycles. The van der Waals surface area contributed by atoms with Crippen LogP contribution in [0.3, 0.4) is 0 Å². The predicted octanol–water partition coefficient (Wildman–Crippen LogP) is 2.37. The molecule has 4 heteroatoms. The van der Waals surface area contributed by atoms with Gasteiger partial charge in [-0.25, -0.2) is 0 Å². The summed E-state index contributed by atoms with van der Waals surface area (Å²) in [6, 6.07) is 0. The Balaban J connectivity index is 1.74. The molecule has 102 valence electrons. The lowest BCUT2D eigenvalue weighted by Crippen LogP contribution is -2.44. The van der Waals surface area contributed by atoms with E-state index in [2.05, 4.69) is 23.7 Å². The minimum atomic E-state index is 0.194. The molecule has 1 fully saturated rings. The number of thioether (sulfide) groups is 1. The van der Waals surface area contributed by atoms with E-state index in [1.807, 2.05) is 11.8 Å². The second kappa shape index (κ2) is 6.62. The third-order valence-electron chi connectivity index (χ3n) is 4.00. The van der Waals surface area contributed by atoms with Crippen molar-refractivity contribution in [3.8, 4) is 0 Å². The highest BCUT2D eigenvalue weighted by Gasteiger charge is 2.32. The summed E-state index contributed by atoms with van der Waals surface area (Å²) >= 11 is 1.87. The molecule has 0 bridgehead atoms. The van der Waals surface area contributed by atoms with Crippen LogP contribution in [0.4, 0.5) is 0 Å². The standard InChI is InChI=1S/C14H23NO2S/c1-18-14(6-8-17-9-7-14)11-15-13(16)10-12-4-2-3-5-12/h2,4,12H,3,5-11H2,1H3,(H,15,16)/t12-/m0/s1. The molecule has 1 amide bonds. The highest BCUT2D eigenvalue weighted by molar-refractivity contribution is 8.00. The summed E-state index contributed by atoms with van der Waals surface area (Å²) in [5.41, 5.74) is 0. The Morgan fingerprint density at radius 2 is 2.28 bits per heavy atom. The molecule has 0 aromatic rings. The van der Waals surface area contributed by atoms with Gasteiger partial charge in [-0.3, -0.25) is 4.79 Å². The van der Waals surface area contributed by atoms with Crippen LogP contribution >= 0.6 is 11.8 Å². The number of carbonyl (C=O) groups is 1. The van der Waals surface area contributed by atoms with E-state index in [1.54, 1.807) is 0 Å². The minimum absolute atomic E-state index is 0.194. The minimum Gasteiger partial charge on any atom is -0.381 e. The van der Waals surface area contributed by atoms with E-state index in [0.717, 1.165) is 45.4 Å². The smallest absolute Gasteiger partial charge is 0.220 e. The van der Waals surface area contributed by atoms with Crippen LogP contribution in [0.15, 0.2) is 12.2 Å². The maximum Gasteiger partial charge on any atom is 0.220 e.